The Kier molecular flexibility index (Phi) is 7.91. The van der Waals surface area contributed by atoms with Crippen molar-refractivity contribution >= 4 is 11.8 Å². The average molecular weight is 473 g/mol. The molecule has 0 spiro atoms. The van der Waals surface area contributed by atoms with Crippen molar-refractivity contribution in [3.63, 3.8) is 0 Å². The van der Waals surface area contributed by atoms with Crippen LogP contribution in [0.4, 0.5) is 8.78 Å². The van der Waals surface area contributed by atoms with Gasteiger partial charge in [0.1, 0.15) is 25.6 Å². The van der Waals surface area contributed by atoms with Crippen LogP contribution >= 0.6 is 0 Å². The highest BCUT2D eigenvalue weighted by molar-refractivity contribution is 5.79. The van der Waals surface area contributed by atoms with E-state index in [1.165, 1.54) is 0 Å². The van der Waals surface area contributed by atoms with Gasteiger partial charge in [-0.15, -0.1) is 0 Å². The van der Waals surface area contributed by atoms with E-state index in [2.05, 4.69) is 10.6 Å². The lowest BCUT2D eigenvalue weighted by Gasteiger charge is -2.56. The van der Waals surface area contributed by atoms with Crippen LogP contribution in [0.15, 0.2) is 0 Å². The first kappa shape index (κ1) is 24.8. The van der Waals surface area contributed by atoms with E-state index in [1.807, 2.05) is 0 Å². The first-order valence-electron chi connectivity index (χ1n) is 12.6. The Morgan fingerprint density at radius 1 is 0.758 bits per heavy atom. The third kappa shape index (κ3) is 6.22. The summed E-state index contributed by atoms with van der Waals surface area (Å²) >= 11 is 0. The maximum absolute atomic E-state index is 13.3. The number of fused-ring (bicyclic) bond motifs is 3. The molecule has 0 aliphatic heterocycles. The van der Waals surface area contributed by atoms with Crippen molar-refractivity contribution in [2.24, 2.45) is 0 Å². The lowest BCUT2D eigenvalue weighted by molar-refractivity contribution is -0.142. The standard InChI is InChI=1S/C24H38F2N2O5/c25-16-1-5-18(6-2-16)32-14-21(30)27-23-9-11-24(12-10-23,20(29)13-23)28-22(31)15-33-19-7-3-17(26)4-8-19/h16-20,29H,1-15H2,(H,27,30)(H,28,31)/t16?,17?,18?,19?,20-,23?,24?/m0/s1. The first-order valence-corrected chi connectivity index (χ1v) is 12.6. The third-order valence-corrected chi connectivity index (χ3v) is 8.22. The van der Waals surface area contributed by atoms with E-state index >= 15 is 0 Å². The average Bonchev–Trinajstić information content (AvgIpc) is 2.79. The summed E-state index contributed by atoms with van der Waals surface area (Å²) in [6.07, 6.45) is 4.92. The number of carbonyl (C=O) groups is 2. The summed E-state index contributed by atoms with van der Waals surface area (Å²) in [5, 5.41) is 16.9. The zero-order chi connectivity index (χ0) is 23.5. The van der Waals surface area contributed by atoms with Gasteiger partial charge in [0.25, 0.3) is 0 Å². The highest BCUT2D eigenvalue weighted by Crippen LogP contribution is 2.47. The van der Waals surface area contributed by atoms with Gasteiger partial charge in [-0.2, -0.15) is 0 Å². The number of rotatable bonds is 8. The molecular weight excluding hydrogens is 434 g/mol. The van der Waals surface area contributed by atoms with Crippen molar-refractivity contribution in [3.05, 3.63) is 0 Å². The summed E-state index contributed by atoms with van der Waals surface area (Å²) in [6.45, 7) is -0.136. The summed E-state index contributed by atoms with van der Waals surface area (Å²) < 4.78 is 37.9. The van der Waals surface area contributed by atoms with Crippen LogP contribution < -0.4 is 10.6 Å². The molecule has 2 amide bonds. The van der Waals surface area contributed by atoms with E-state index in [1.54, 1.807) is 0 Å². The molecule has 0 aromatic carbocycles. The van der Waals surface area contributed by atoms with E-state index in [9.17, 15) is 23.5 Å². The molecule has 5 rings (SSSR count). The Hall–Kier alpha value is -1.32. The number of alkyl halides is 2. The molecule has 0 heterocycles. The van der Waals surface area contributed by atoms with Gasteiger partial charge >= 0.3 is 0 Å². The normalized spacial score (nSPS) is 40.9. The Morgan fingerprint density at radius 2 is 1.21 bits per heavy atom. The van der Waals surface area contributed by atoms with Gasteiger partial charge in [0, 0.05) is 5.54 Å². The lowest BCUT2D eigenvalue weighted by atomic mass is 9.60. The fourth-order valence-electron chi connectivity index (χ4n) is 6.07. The van der Waals surface area contributed by atoms with Crippen molar-refractivity contribution in [2.75, 3.05) is 13.2 Å². The van der Waals surface area contributed by atoms with Gasteiger partial charge < -0.3 is 25.2 Å². The number of nitrogens with one attached hydrogen (secondary N) is 2. The molecule has 0 radical (unpaired) electrons. The maximum atomic E-state index is 13.3. The summed E-state index contributed by atoms with van der Waals surface area (Å²) in [6, 6.07) is 0. The van der Waals surface area contributed by atoms with Crippen LogP contribution in [-0.2, 0) is 19.1 Å². The van der Waals surface area contributed by atoms with Gasteiger partial charge in [0.05, 0.1) is 23.9 Å². The second-order valence-electron chi connectivity index (χ2n) is 10.6. The van der Waals surface area contributed by atoms with Crippen LogP contribution in [0.2, 0.25) is 0 Å². The monoisotopic (exact) mass is 472 g/mol. The van der Waals surface area contributed by atoms with Crippen LogP contribution in [0.25, 0.3) is 0 Å². The number of carbonyl (C=O) groups excluding carboxylic acids is 2. The van der Waals surface area contributed by atoms with Crippen molar-refractivity contribution in [1.29, 1.82) is 0 Å². The minimum absolute atomic E-state index is 0.0526. The third-order valence-electron chi connectivity index (χ3n) is 8.22. The number of ether oxygens (including phenoxy) is 2. The molecule has 3 N–H and O–H groups in total. The number of halogens is 2. The minimum Gasteiger partial charge on any atom is -0.391 e. The van der Waals surface area contributed by atoms with Gasteiger partial charge in [0.2, 0.25) is 11.8 Å². The van der Waals surface area contributed by atoms with Crippen LogP contribution in [0.3, 0.4) is 0 Å². The van der Waals surface area contributed by atoms with Gasteiger partial charge in [-0.25, -0.2) is 8.78 Å². The molecular formula is C24H38F2N2O5. The second-order valence-corrected chi connectivity index (χ2v) is 10.6. The highest BCUT2D eigenvalue weighted by Gasteiger charge is 2.55. The topological polar surface area (TPSA) is 96.9 Å². The molecule has 0 aromatic heterocycles. The Bertz CT molecular complexity index is 684. The van der Waals surface area contributed by atoms with Crippen LogP contribution in [0.5, 0.6) is 0 Å². The molecule has 0 aromatic rings. The number of amides is 2. The fraction of sp³-hybridized carbons (Fsp3) is 0.917. The predicted octanol–water partition coefficient (Wildman–Crippen LogP) is 2.63. The summed E-state index contributed by atoms with van der Waals surface area (Å²) in [7, 11) is 0. The summed E-state index contributed by atoms with van der Waals surface area (Å²) in [4.78, 5) is 25.0. The van der Waals surface area contributed by atoms with Crippen LogP contribution in [0, 0.1) is 0 Å². The zero-order valence-corrected chi connectivity index (χ0v) is 19.3. The van der Waals surface area contributed by atoms with Crippen molar-refractivity contribution in [2.45, 2.75) is 125 Å². The van der Waals surface area contributed by atoms with Gasteiger partial charge in [0.15, 0.2) is 0 Å². The zero-order valence-electron chi connectivity index (χ0n) is 19.3. The van der Waals surface area contributed by atoms with Crippen molar-refractivity contribution in [3.8, 4) is 0 Å². The van der Waals surface area contributed by atoms with E-state index in [4.69, 9.17) is 9.47 Å². The molecule has 2 bridgehead atoms. The Balaban J connectivity index is 1.20. The molecule has 0 saturated heterocycles. The number of hydrogen-bond acceptors (Lipinski definition) is 5. The van der Waals surface area contributed by atoms with Gasteiger partial charge in [-0.3, -0.25) is 9.59 Å². The van der Waals surface area contributed by atoms with E-state index < -0.39 is 29.5 Å². The van der Waals surface area contributed by atoms with Crippen molar-refractivity contribution in [1.82, 2.24) is 10.6 Å². The molecule has 5 fully saturated rings. The van der Waals surface area contributed by atoms with E-state index in [-0.39, 0.29) is 37.2 Å². The largest absolute Gasteiger partial charge is 0.391 e. The van der Waals surface area contributed by atoms with E-state index in [0.717, 1.165) is 0 Å². The first-order chi connectivity index (χ1) is 15.8. The molecule has 5 aliphatic carbocycles. The molecule has 33 heavy (non-hydrogen) atoms. The number of hydrogen-bond donors (Lipinski definition) is 3. The SMILES string of the molecule is O=C(COC1CCC(F)CC1)NC12CCC(NC(=O)COC3CCC(F)CC3)(CC1)[C@@H](O)C2. The van der Waals surface area contributed by atoms with Crippen LogP contribution in [0.1, 0.15) is 83.5 Å². The number of aliphatic hydroxyl groups excluding tert-OH is 1. The predicted molar refractivity (Wildman–Crippen MR) is 117 cm³/mol. The summed E-state index contributed by atoms with van der Waals surface area (Å²) in [5.41, 5.74) is -1.17. The molecule has 5 aliphatic rings. The highest BCUT2D eigenvalue weighted by atomic mass is 19.1. The van der Waals surface area contributed by atoms with Crippen LogP contribution in [-0.4, -0.2) is 71.9 Å². The molecule has 7 nitrogen and oxygen atoms in total. The lowest BCUT2D eigenvalue weighted by Crippen LogP contribution is -2.70. The molecule has 9 heteroatoms. The molecule has 1 atom stereocenters. The second kappa shape index (κ2) is 10.5. The smallest absolute Gasteiger partial charge is 0.246 e. The maximum Gasteiger partial charge on any atom is 0.246 e. The van der Waals surface area contributed by atoms with E-state index in [0.29, 0.717) is 83.5 Å². The Morgan fingerprint density at radius 3 is 1.67 bits per heavy atom. The number of aliphatic hydroxyl groups is 1. The molecule has 188 valence electrons. The molecule has 0 unspecified atom stereocenters. The van der Waals surface area contributed by atoms with Gasteiger partial charge in [-0.1, -0.05) is 0 Å². The molecule has 5 saturated carbocycles. The minimum atomic E-state index is -0.763. The van der Waals surface area contributed by atoms with Gasteiger partial charge in [-0.05, 0) is 83.5 Å². The fourth-order valence-corrected chi connectivity index (χ4v) is 6.07. The quantitative estimate of drug-likeness (QED) is 0.505. The van der Waals surface area contributed by atoms with Crippen molar-refractivity contribution < 1.29 is 33.0 Å². The summed E-state index contributed by atoms with van der Waals surface area (Å²) in [5.74, 6) is -0.467. The Labute approximate surface area is 194 Å².